The average molecular weight is 252 g/mol. The summed E-state index contributed by atoms with van der Waals surface area (Å²) in [4.78, 5) is 0. The third-order valence-corrected chi connectivity index (χ3v) is 2.88. The number of methoxy groups -OCH3 is 1. The van der Waals surface area contributed by atoms with Gasteiger partial charge in [0.15, 0.2) is 0 Å². The second kappa shape index (κ2) is 4.77. The first kappa shape index (κ1) is 12.0. The van der Waals surface area contributed by atoms with Crippen LogP contribution in [0.1, 0.15) is 5.56 Å². The molecule has 1 aromatic carbocycles. The van der Waals surface area contributed by atoms with Crippen molar-refractivity contribution in [3.63, 3.8) is 0 Å². The van der Waals surface area contributed by atoms with Crippen LogP contribution in [0.5, 0.6) is 0 Å². The Morgan fingerprint density at radius 3 is 2.76 bits per heavy atom. The Morgan fingerprint density at radius 1 is 1.41 bits per heavy atom. The van der Waals surface area contributed by atoms with Gasteiger partial charge >= 0.3 is 0 Å². The lowest BCUT2D eigenvalue weighted by atomic mass is 10.0. The predicted molar refractivity (Wildman–Crippen MR) is 68.8 cm³/mol. The number of hydrogen-bond donors (Lipinski definition) is 1. The number of rotatable bonds is 3. The van der Waals surface area contributed by atoms with Gasteiger partial charge in [0.05, 0.1) is 12.8 Å². The maximum absolute atomic E-state index is 6.02. The van der Waals surface area contributed by atoms with Gasteiger partial charge in [0.2, 0.25) is 0 Å². The molecule has 2 aromatic rings. The normalized spacial score (nSPS) is 10.8. The van der Waals surface area contributed by atoms with E-state index >= 15 is 0 Å². The molecule has 0 saturated carbocycles. The Kier molecular flexibility index (Phi) is 3.36. The SMILES string of the molecule is COCc1ccc(Cl)cc1-c1cnn(C)c1N. The zero-order chi connectivity index (χ0) is 12.4. The van der Waals surface area contributed by atoms with Gasteiger partial charge in [-0.1, -0.05) is 17.7 Å². The number of halogens is 1. The fourth-order valence-corrected chi connectivity index (χ4v) is 1.91. The van der Waals surface area contributed by atoms with Crippen LogP contribution in [0.25, 0.3) is 11.1 Å². The molecular formula is C12H14ClN3O. The predicted octanol–water partition coefficient (Wildman–Crippen LogP) is 2.47. The van der Waals surface area contributed by atoms with Crippen molar-refractivity contribution >= 4 is 17.4 Å². The molecule has 0 unspecified atom stereocenters. The van der Waals surface area contributed by atoms with Crippen LogP contribution in [0.2, 0.25) is 5.02 Å². The molecule has 0 atom stereocenters. The van der Waals surface area contributed by atoms with Gasteiger partial charge in [-0.05, 0) is 23.3 Å². The zero-order valence-corrected chi connectivity index (χ0v) is 10.5. The first-order valence-corrected chi connectivity index (χ1v) is 5.56. The van der Waals surface area contributed by atoms with Crippen molar-refractivity contribution < 1.29 is 4.74 Å². The van der Waals surface area contributed by atoms with E-state index in [-0.39, 0.29) is 0 Å². The Hall–Kier alpha value is -1.52. The first-order valence-electron chi connectivity index (χ1n) is 5.18. The Balaban J connectivity index is 2.56. The van der Waals surface area contributed by atoms with Gasteiger partial charge in [0, 0.05) is 24.7 Å². The van der Waals surface area contributed by atoms with Gasteiger partial charge in [-0.2, -0.15) is 5.10 Å². The highest BCUT2D eigenvalue weighted by atomic mass is 35.5. The quantitative estimate of drug-likeness (QED) is 0.912. The molecule has 1 aromatic heterocycles. The molecular weight excluding hydrogens is 238 g/mol. The number of ether oxygens (including phenoxy) is 1. The van der Waals surface area contributed by atoms with Crippen LogP contribution in [0.15, 0.2) is 24.4 Å². The standard InChI is InChI=1S/C12H14ClN3O/c1-16-12(14)11(6-15-16)10-5-9(13)4-3-8(10)7-17-2/h3-6H,7,14H2,1-2H3. The van der Waals surface area contributed by atoms with E-state index in [4.69, 9.17) is 22.1 Å². The molecule has 2 rings (SSSR count). The molecule has 0 amide bonds. The second-order valence-electron chi connectivity index (χ2n) is 3.80. The summed E-state index contributed by atoms with van der Waals surface area (Å²) in [6.07, 6.45) is 1.74. The highest BCUT2D eigenvalue weighted by Gasteiger charge is 2.12. The number of nitrogen functional groups attached to an aromatic ring is 1. The molecule has 0 spiro atoms. The smallest absolute Gasteiger partial charge is 0.129 e. The van der Waals surface area contributed by atoms with Crippen molar-refractivity contribution in [1.82, 2.24) is 9.78 Å². The molecule has 0 saturated heterocycles. The average Bonchev–Trinajstić information content (AvgIpc) is 2.63. The Labute approximate surface area is 105 Å². The highest BCUT2D eigenvalue weighted by Crippen LogP contribution is 2.31. The molecule has 0 fully saturated rings. The maximum Gasteiger partial charge on any atom is 0.129 e. The molecule has 0 bridgehead atoms. The minimum absolute atomic E-state index is 0.515. The zero-order valence-electron chi connectivity index (χ0n) is 9.77. The topological polar surface area (TPSA) is 53.1 Å². The summed E-state index contributed by atoms with van der Waals surface area (Å²) in [5.41, 5.74) is 8.84. The third kappa shape index (κ3) is 2.28. The van der Waals surface area contributed by atoms with Crippen LogP contribution in [-0.2, 0) is 18.4 Å². The third-order valence-electron chi connectivity index (χ3n) is 2.65. The Morgan fingerprint density at radius 2 is 2.18 bits per heavy atom. The lowest BCUT2D eigenvalue weighted by Crippen LogP contribution is -1.99. The largest absolute Gasteiger partial charge is 0.383 e. The van der Waals surface area contributed by atoms with Crippen molar-refractivity contribution in [2.45, 2.75) is 6.61 Å². The fourth-order valence-electron chi connectivity index (χ4n) is 1.74. The van der Waals surface area contributed by atoms with Gasteiger partial charge < -0.3 is 10.5 Å². The van der Waals surface area contributed by atoms with E-state index in [2.05, 4.69) is 5.10 Å². The number of nitrogens with two attached hydrogens (primary N) is 1. The highest BCUT2D eigenvalue weighted by molar-refractivity contribution is 6.30. The van der Waals surface area contributed by atoms with E-state index in [0.29, 0.717) is 17.4 Å². The number of anilines is 1. The molecule has 0 aliphatic rings. The molecule has 0 aliphatic carbocycles. The van der Waals surface area contributed by atoms with Gasteiger partial charge in [0.25, 0.3) is 0 Å². The lowest BCUT2D eigenvalue weighted by molar-refractivity contribution is 0.185. The first-order chi connectivity index (χ1) is 8.13. The van der Waals surface area contributed by atoms with Gasteiger partial charge in [0.1, 0.15) is 5.82 Å². The van der Waals surface area contributed by atoms with Gasteiger partial charge in [-0.3, -0.25) is 4.68 Å². The summed E-state index contributed by atoms with van der Waals surface area (Å²) in [6, 6.07) is 5.66. The van der Waals surface area contributed by atoms with Crippen LogP contribution in [0.4, 0.5) is 5.82 Å². The second-order valence-corrected chi connectivity index (χ2v) is 4.24. The number of hydrogen-bond acceptors (Lipinski definition) is 3. The molecule has 5 heteroatoms. The summed E-state index contributed by atoms with van der Waals surface area (Å²) in [5.74, 6) is 0.615. The van der Waals surface area contributed by atoms with E-state index in [1.54, 1.807) is 25.0 Å². The van der Waals surface area contributed by atoms with E-state index in [1.165, 1.54) is 0 Å². The fraction of sp³-hybridized carbons (Fsp3) is 0.250. The number of nitrogens with zero attached hydrogens (tertiary/aromatic N) is 2. The van der Waals surface area contributed by atoms with E-state index < -0.39 is 0 Å². The maximum atomic E-state index is 6.02. The minimum atomic E-state index is 0.515. The number of benzene rings is 1. The molecule has 90 valence electrons. The van der Waals surface area contributed by atoms with Crippen molar-refractivity contribution in [3.8, 4) is 11.1 Å². The van der Waals surface area contributed by atoms with Crippen LogP contribution in [-0.4, -0.2) is 16.9 Å². The van der Waals surface area contributed by atoms with Crippen LogP contribution >= 0.6 is 11.6 Å². The number of aromatic nitrogens is 2. The molecule has 4 nitrogen and oxygen atoms in total. The summed E-state index contributed by atoms with van der Waals surface area (Å²) in [7, 11) is 3.46. The number of aryl methyl sites for hydroxylation is 1. The van der Waals surface area contributed by atoms with E-state index in [0.717, 1.165) is 16.7 Å². The van der Waals surface area contributed by atoms with E-state index in [9.17, 15) is 0 Å². The van der Waals surface area contributed by atoms with Gasteiger partial charge in [-0.25, -0.2) is 0 Å². The lowest BCUT2D eigenvalue weighted by Gasteiger charge is -2.09. The van der Waals surface area contributed by atoms with E-state index in [1.807, 2.05) is 18.2 Å². The molecule has 0 radical (unpaired) electrons. The van der Waals surface area contributed by atoms with Crippen molar-refractivity contribution in [2.24, 2.45) is 7.05 Å². The van der Waals surface area contributed by atoms with Crippen LogP contribution in [0, 0.1) is 0 Å². The minimum Gasteiger partial charge on any atom is -0.383 e. The molecule has 17 heavy (non-hydrogen) atoms. The molecule has 0 aliphatic heterocycles. The monoisotopic (exact) mass is 251 g/mol. The van der Waals surface area contributed by atoms with Gasteiger partial charge in [-0.15, -0.1) is 0 Å². The van der Waals surface area contributed by atoms with Crippen LogP contribution < -0.4 is 5.73 Å². The Bertz CT molecular complexity index is 537. The summed E-state index contributed by atoms with van der Waals surface area (Å²) in [6.45, 7) is 0.515. The molecule has 2 N–H and O–H groups in total. The summed E-state index contributed by atoms with van der Waals surface area (Å²) >= 11 is 6.02. The van der Waals surface area contributed by atoms with Crippen molar-refractivity contribution in [1.29, 1.82) is 0 Å². The summed E-state index contributed by atoms with van der Waals surface area (Å²) in [5, 5.41) is 4.80. The summed E-state index contributed by atoms with van der Waals surface area (Å²) < 4.78 is 6.80. The van der Waals surface area contributed by atoms with Crippen molar-refractivity contribution in [2.75, 3.05) is 12.8 Å². The molecule has 1 heterocycles. The van der Waals surface area contributed by atoms with Crippen LogP contribution in [0.3, 0.4) is 0 Å². The van der Waals surface area contributed by atoms with Crippen molar-refractivity contribution in [3.05, 3.63) is 35.0 Å².